The fourth-order valence-electron chi connectivity index (χ4n) is 2.15. The summed E-state index contributed by atoms with van der Waals surface area (Å²) in [6.07, 6.45) is 2.30. The number of benzene rings is 1. The van der Waals surface area contributed by atoms with Crippen LogP contribution in [0.5, 0.6) is 0 Å². The van der Waals surface area contributed by atoms with Crippen molar-refractivity contribution in [2.75, 3.05) is 11.9 Å². The van der Waals surface area contributed by atoms with E-state index in [0.717, 1.165) is 24.1 Å². The third-order valence-corrected chi connectivity index (χ3v) is 4.45. The molecular weight excluding hydrogens is 300 g/mol. The van der Waals surface area contributed by atoms with Crippen molar-refractivity contribution in [2.45, 2.75) is 19.3 Å². The van der Waals surface area contributed by atoms with Gasteiger partial charge in [-0.05, 0) is 36.4 Å². The Bertz CT molecular complexity index is 623. The average molecular weight is 318 g/mol. The van der Waals surface area contributed by atoms with Gasteiger partial charge in [-0.3, -0.25) is 4.79 Å². The van der Waals surface area contributed by atoms with Crippen LogP contribution in [0.1, 0.15) is 23.3 Å². The highest BCUT2D eigenvalue weighted by Gasteiger charge is 2.15. The zero-order valence-electron chi connectivity index (χ0n) is 11.9. The number of carbonyl (C=O) groups is 1. The number of nitrogens with zero attached hydrogens (tertiary/aromatic N) is 1. The lowest BCUT2D eigenvalue weighted by Crippen LogP contribution is -2.28. The van der Waals surface area contributed by atoms with E-state index in [0.29, 0.717) is 11.4 Å². The maximum absolute atomic E-state index is 12.3. The summed E-state index contributed by atoms with van der Waals surface area (Å²) in [7, 11) is 1.77. The maximum Gasteiger partial charge on any atom is 0.226 e. The first-order chi connectivity index (χ1) is 10.1. The van der Waals surface area contributed by atoms with Crippen LogP contribution in [0.2, 0.25) is 0 Å². The molecule has 0 aliphatic heterocycles. The van der Waals surface area contributed by atoms with Gasteiger partial charge in [-0.1, -0.05) is 30.4 Å². The number of rotatable bonds is 6. The number of para-hydroxylation sites is 1. The Hall–Kier alpha value is -1.72. The summed E-state index contributed by atoms with van der Waals surface area (Å²) in [6.45, 7) is 0. The summed E-state index contributed by atoms with van der Waals surface area (Å²) in [5.41, 5.74) is 7.22. The van der Waals surface area contributed by atoms with E-state index in [1.807, 2.05) is 30.3 Å². The van der Waals surface area contributed by atoms with Crippen LogP contribution in [0.25, 0.3) is 0 Å². The standard InChI is InChI=1S/C16H18N2OS2/c1-18(14-9-3-2-8-13(14)16(17)20)15(19)10-4-6-12-7-5-11-21-12/h2-3,5,7-9,11H,4,6,10H2,1H3,(H2,17,20). The van der Waals surface area contributed by atoms with E-state index >= 15 is 0 Å². The van der Waals surface area contributed by atoms with E-state index in [-0.39, 0.29) is 5.91 Å². The first kappa shape index (κ1) is 15.7. The highest BCUT2D eigenvalue weighted by atomic mass is 32.1. The molecule has 1 aromatic carbocycles. The molecule has 2 aromatic rings. The van der Waals surface area contributed by atoms with E-state index in [2.05, 4.69) is 11.4 Å². The molecule has 0 saturated heterocycles. The van der Waals surface area contributed by atoms with Crippen molar-refractivity contribution < 1.29 is 4.79 Å². The lowest BCUT2D eigenvalue weighted by atomic mass is 10.1. The second kappa shape index (κ2) is 7.33. The Labute approximate surface area is 134 Å². The van der Waals surface area contributed by atoms with E-state index in [1.165, 1.54) is 4.88 Å². The summed E-state index contributed by atoms with van der Waals surface area (Å²) in [5, 5.41) is 2.06. The van der Waals surface area contributed by atoms with Crippen molar-refractivity contribution in [1.82, 2.24) is 0 Å². The molecule has 1 aromatic heterocycles. The zero-order chi connectivity index (χ0) is 15.2. The molecule has 5 heteroatoms. The van der Waals surface area contributed by atoms with Gasteiger partial charge in [0.05, 0.1) is 5.69 Å². The summed E-state index contributed by atoms with van der Waals surface area (Å²) in [4.78, 5) is 15.6. The quantitative estimate of drug-likeness (QED) is 0.831. The third kappa shape index (κ3) is 4.12. The predicted octanol–water partition coefficient (Wildman–Crippen LogP) is 3.37. The van der Waals surface area contributed by atoms with Crippen molar-refractivity contribution in [1.29, 1.82) is 0 Å². The average Bonchev–Trinajstić information content (AvgIpc) is 2.99. The first-order valence-corrected chi connectivity index (χ1v) is 8.06. The Morgan fingerprint density at radius 2 is 2.05 bits per heavy atom. The van der Waals surface area contributed by atoms with Crippen LogP contribution < -0.4 is 10.6 Å². The molecule has 0 fully saturated rings. The van der Waals surface area contributed by atoms with Crippen LogP contribution in [0, 0.1) is 0 Å². The predicted molar refractivity (Wildman–Crippen MR) is 93.0 cm³/mol. The fraction of sp³-hybridized carbons (Fsp3) is 0.250. The van der Waals surface area contributed by atoms with Gasteiger partial charge in [0.2, 0.25) is 5.91 Å². The van der Waals surface area contributed by atoms with Gasteiger partial charge in [0, 0.05) is 23.9 Å². The van der Waals surface area contributed by atoms with Crippen LogP contribution in [-0.4, -0.2) is 17.9 Å². The molecule has 0 radical (unpaired) electrons. The largest absolute Gasteiger partial charge is 0.389 e. The summed E-state index contributed by atoms with van der Waals surface area (Å²) in [5.74, 6) is 0.0789. The number of aryl methyl sites for hydroxylation is 1. The number of hydrogen-bond acceptors (Lipinski definition) is 3. The molecule has 0 saturated carbocycles. The van der Waals surface area contributed by atoms with Gasteiger partial charge in [0.15, 0.2) is 0 Å². The molecule has 1 amide bonds. The Balaban J connectivity index is 1.97. The van der Waals surface area contributed by atoms with Crippen molar-refractivity contribution >= 4 is 40.1 Å². The van der Waals surface area contributed by atoms with Gasteiger partial charge in [-0.25, -0.2) is 0 Å². The monoisotopic (exact) mass is 318 g/mol. The number of thiophene rings is 1. The molecule has 0 aliphatic rings. The molecule has 0 bridgehead atoms. The van der Waals surface area contributed by atoms with Crippen molar-refractivity contribution in [3.05, 3.63) is 52.2 Å². The Morgan fingerprint density at radius 1 is 1.29 bits per heavy atom. The van der Waals surface area contributed by atoms with Gasteiger partial charge in [-0.15, -0.1) is 11.3 Å². The van der Waals surface area contributed by atoms with Crippen LogP contribution in [-0.2, 0) is 11.2 Å². The van der Waals surface area contributed by atoms with Crippen LogP contribution in [0.3, 0.4) is 0 Å². The second-order valence-electron chi connectivity index (χ2n) is 4.77. The molecule has 2 N–H and O–H groups in total. The molecule has 0 unspecified atom stereocenters. The summed E-state index contributed by atoms with van der Waals surface area (Å²) >= 11 is 6.77. The number of nitrogens with two attached hydrogens (primary N) is 1. The minimum absolute atomic E-state index is 0.0789. The number of thiocarbonyl (C=S) groups is 1. The molecule has 0 spiro atoms. The number of carbonyl (C=O) groups excluding carboxylic acids is 1. The highest BCUT2D eigenvalue weighted by Crippen LogP contribution is 2.20. The lowest BCUT2D eigenvalue weighted by Gasteiger charge is -2.20. The summed E-state index contributed by atoms with van der Waals surface area (Å²) in [6, 6.07) is 11.6. The SMILES string of the molecule is CN(C(=O)CCCc1cccs1)c1ccccc1C(N)=S. The van der Waals surface area contributed by atoms with Gasteiger partial charge >= 0.3 is 0 Å². The molecule has 0 aliphatic carbocycles. The van der Waals surface area contributed by atoms with Crippen LogP contribution in [0.4, 0.5) is 5.69 Å². The fourth-order valence-corrected chi connectivity index (χ4v) is 3.07. The minimum Gasteiger partial charge on any atom is -0.389 e. The van der Waals surface area contributed by atoms with Crippen molar-refractivity contribution in [2.24, 2.45) is 5.73 Å². The molecule has 0 atom stereocenters. The smallest absolute Gasteiger partial charge is 0.226 e. The number of anilines is 1. The topological polar surface area (TPSA) is 46.3 Å². The molecule has 110 valence electrons. The van der Waals surface area contributed by atoms with E-state index in [1.54, 1.807) is 23.3 Å². The van der Waals surface area contributed by atoms with Gasteiger partial charge in [0.25, 0.3) is 0 Å². The normalized spacial score (nSPS) is 10.3. The first-order valence-electron chi connectivity index (χ1n) is 6.77. The Kier molecular flexibility index (Phi) is 5.47. The Morgan fingerprint density at radius 3 is 2.71 bits per heavy atom. The molecule has 2 rings (SSSR count). The lowest BCUT2D eigenvalue weighted by molar-refractivity contribution is -0.118. The van der Waals surface area contributed by atoms with E-state index < -0.39 is 0 Å². The van der Waals surface area contributed by atoms with Crippen LogP contribution >= 0.6 is 23.6 Å². The minimum atomic E-state index is 0.0789. The van der Waals surface area contributed by atoms with Gasteiger partial charge in [0.1, 0.15) is 4.99 Å². The second-order valence-corrected chi connectivity index (χ2v) is 6.24. The number of hydrogen-bond donors (Lipinski definition) is 1. The zero-order valence-corrected chi connectivity index (χ0v) is 13.5. The van der Waals surface area contributed by atoms with E-state index in [9.17, 15) is 4.79 Å². The van der Waals surface area contributed by atoms with E-state index in [4.69, 9.17) is 18.0 Å². The summed E-state index contributed by atoms with van der Waals surface area (Å²) < 4.78 is 0. The van der Waals surface area contributed by atoms with Crippen molar-refractivity contribution in [3.8, 4) is 0 Å². The highest BCUT2D eigenvalue weighted by molar-refractivity contribution is 7.80. The van der Waals surface area contributed by atoms with Crippen molar-refractivity contribution in [3.63, 3.8) is 0 Å². The number of amides is 1. The third-order valence-electron chi connectivity index (χ3n) is 3.30. The molecule has 1 heterocycles. The van der Waals surface area contributed by atoms with Gasteiger partial charge < -0.3 is 10.6 Å². The molecule has 3 nitrogen and oxygen atoms in total. The van der Waals surface area contributed by atoms with Gasteiger partial charge in [-0.2, -0.15) is 0 Å². The van der Waals surface area contributed by atoms with Crippen LogP contribution in [0.15, 0.2) is 41.8 Å². The molecular formula is C16H18N2OS2. The maximum atomic E-state index is 12.3. The molecule has 21 heavy (non-hydrogen) atoms.